The van der Waals surface area contributed by atoms with Gasteiger partial charge in [-0.05, 0) is 37.8 Å². The van der Waals surface area contributed by atoms with Crippen LogP contribution in [0.2, 0.25) is 0 Å². The molecule has 0 N–H and O–H groups in total. The molecule has 1 unspecified atom stereocenters. The lowest BCUT2D eigenvalue weighted by molar-refractivity contribution is -0.112. The van der Waals surface area contributed by atoms with Gasteiger partial charge < -0.3 is 14.0 Å². The van der Waals surface area contributed by atoms with Gasteiger partial charge in [0.1, 0.15) is 17.4 Å². The molecule has 7 heteroatoms. The lowest BCUT2D eigenvalue weighted by atomic mass is 10.1. The lowest BCUT2D eigenvalue weighted by Crippen LogP contribution is -2.19. The predicted molar refractivity (Wildman–Crippen MR) is 111 cm³/mol. The van der Waals surface area contributed by atoms with Gasteiger partial charge in [0.05, 0.1) is 6.61 Å². The van der Waals surface area contributed by atoms with Gasteiger partial charge >= 0.3 is 0 Å². The Kier molecular flexibility index (Phi) is 4.53. The van der Waals surface area contributed by atoms with Crippen LogP contribution >= 0.6 is 11.8 Å². The Labute approximate surface area is 178 Å². The monoisotopic (exact) mass is 423 g/mol. The number of benzene rings is 2. The third-order valence-corrected chi connectivity index (χ3v) is 6.79. The van der Waals surface area contributed by atoms with Gasteiger partial charge in [0.2, 0.25) is 6.29 Å². The summed E-state index contributed by atoms with van der Waals surface area (Å²) in [6.45, 7) is 0.328. The van der Waals surface area contributed by atoms with Crippen molar-refractivity contribution in [3.05, 3.63) is 70.8 Å². The largest absolute Gasteiger partial charge is 0.460 e. The van der Waals surface area contributed by atoms with Crippen LogP contribution in [0.4, 0.5) is 4.39 Å². The molecule has 1 aliphatic heterocycles. The Morgan fingerprint density at radius 2 is 1.90 bits per heavy atom. The molecule has 0 spiro atoms. The molecule has 0 amide bonds. The number of nitrogens with zero attached hydrogens (tertiary/aromatic N) is 3. The normalized spacial score (nSPS) is 20.6. The number of rotatable bonds is 6. The highest BCUT2D eigenvalue weighted by atomic mass is 32.2. The summed E-state index contributed by atoms with van der Waals surface area (Å²) in [7, 11) is 0. The fraction of sp³-hybridized carbons (Fsp3) is 0.391. The first-order valence-electron chi connectivity index (χ1n) is 10.5. The molecule has 154 valence electrons. The van der Waals surface area contributed by atoms with Gasteiger partial charge in [0, 0.05) is 34.4 Å². The van der Waals surface area contributed by atoms with Crippen molar-refractivity contribution >= 4 is 11.8 Å². The zero-order chi connectivity index (χ0) is 20.1. The molecule has 5 nitrogen and oxygen atoms in total. The zero-order valence-corrected chi connectivity index (χ0v) is 17.3. The minimum Gasteiger partial charge on any atom is -0.460 e. The number of ether oxygens (including phenoxy) is 2. The van der Waals surface area contributed by atoms with Crippen molar-refractivity contribution in [3.63, 3.8) is 0 Å². The summed E-state index contributed by atoms with van der Waals surface area (Å²) in [4.78, 5) is 0. The molecule has 3 aliphatic rings. The molecule has 0 saturated heterocycles. The summed E-state index contributed by atoms with van der Waals surface area (Å²) in [5.41, 5.74) is 2.53. The van der Waals surface area contributed by atoms with E-state index in [0.29, 0.717) is 24.3 Å². The predicted octanol–water partition coefficient (Wildman–Crippen LogP) is 5.53. The number of fused-ring (bicyclic) bond motifs is 1. The van der Waals surface area contributed by atoms with Crippen LogP contribution in [0.3, 0.4) is 0 Å². The molecule has 3 aromatic rings. The molecule has 6 rings (SSSR count). The Bertz CT molecular complexity index is 1080. The maximum atomic E-state index is 14.3. The second-order valence-corrected chi connectivity index (χ2v) is 9.17. The molecular formula is C23H22FN3O2S. The van der Waals surface area contributed by atoms with E-state index >= 15 is 0 Å². The summed E-state index contributed by atoms with van der Waals surface area (Å²) in [6.07, 6.45) is 4.33. The second-order valence-electron chi connectivity index (χ2n) is 8.23. The second kappa shape index (κ2) is 7.39. The highest BCUT2D eigenvalue weighted by Crippen LogP contribution is 2.47. The van der Waals surface area contributed by atoms with Gasteiger partial charge in [-0.3, -0.25) is 0 Å². The van der Waals surface area contributed by atoms with E-state index < -0.39 is 6.29 Å². The van der Waals surface area contributed by atoms with Crippen LogP contribution in [0, 0.1) is 5.82 Å². The molecule has 1 aromatic heterocycles. The zero-order valence-electron chi connectivity index (χ0n) is 16.5. The summed E-state index contributed by atoms with van der Waals surface area (Å²) in [5.74, 6) is 2.74. The highest BCUT2D eigenvalue weighted by Gasteiger charge is 2.36. The highest BCUT2D eigenvalue weighted by molar-refractivity contribution is 7.98. The molecule has 30 heavy (non-hydrogen) atoms. The molecule has 2 fully saturated rings. The third kappa shape index (κ3) is 3.50. The van der Waals surface area contributed by atoms with Crippen LogP contribution in [0.25, 0.3) is 0 Å². The van der Waals surface area contributed by atoms with Gasteiger partial charge in [0.15, 0.2) is 5.16 Å². The Morgan fingerprint density at radius 1 is 1.07 bits per heavy atom. The first-order chi connectivity index (χ1) is 14.8. The van der Waals surface area contributed by atoms with Crippen LogP contribution in [0.1, 0.15) is 66.4 Å². The maximum Gasteiger partial charge on any atom is 0.227 e. The van der Waals surface area contributed by atoms with Gasteiger partial charge in [-0.15, -0.1) is 10.2 Å². The summed E-state index contributed by atoms with van der Waals surface area (Å²) in [5, 5.41) is 9.88. The SMILES string of the molecule is Fc1cc2c(c(CSc3nnc(C4CC4)n3C3CC3)c1)OC(c1ccccc1)OC2. The number of aromatic nitrogens is 3. The van der Waals surface area contributed by atoms with Crippen molar-refractivity contribution in [2.75, 3.05) is 0 Å². The Morgan fingerprint density at radius 3 is 2.67 bits per heavy atom. The van der Waals surface area contributed by atoms with Crippen molar-refractivity contribution in [3.8, 4) is 5.75 Å². The first-order valence-corrected chi connectivity index (χ1v) is 11.5. The van der Waals surface area contributed by atoms with Crippen molar-refractivity contribution in [1.82, 2.24) is 14.8 Å². The standard InChI is InChI=1S/C23H22FN3O2S/c24-18-10-16-12-28-22(15-4-2-1-3-5-15)29-20(16)17(11-18)13-30-23-26-25-21(14-6-7-14)27(23)19-8-9-19/h1-5,10-11,14,19,22H,6-9,12-13H2. The van der Waals surface area contributed by atoms with Gasteiger partial charge in [-0.1, -0.05) is 42.1 Å². The van der Waals surface area contributed by atoms with Gasteiger partial charge in [0.25, 0.3) is 0 Å². The maximum absolute atomic E-state index is 14.3. The van der Waals surface area contributed by atoms with Crippen molar-refractivity contribution in [1.29, 1.82) is 0 Å². The number of hydrogen-bond donors (Lipinski definition) is 0. The van der Waals surface area contributed by atoms with Crippen LogP contribution < -0.4 is 4.74 Å². The fourth-order valence-corrected chi connectivity index (χ4v) is 4.96. The van der Waals surface area contributed by atoms with Gasteiger partial charge in [-0.25, -0.2) is 4.39 Å². The summed E-state index contributed by atoms with van der Waals surface area (Å²) < 4.78 is 28.6. The summed E-state index contributed by atoms with van der Waals surface area (Å²) in [6, 6.07) is 13.4. The van der Waals surface area contributed by atoms with Crippen LogP contribution in [0.5, 0.6) is 5.75 Å². The van der Waals surface area contributed by atoms with Gasteiger partial charge in [-0.2, -0.15) is 0 Å². The average molecular weight is 424 g/mol. The minimum atomic E-state index is -0.482. The average Bonchev–Trinajstić information content (AvgIpc) is 3.71. The van der Waals surface area contributed by atoms with E-state index in [1.807, 2.05) is 30.3 Å². The molecule has 2 aromatic carbocycles. The molecule has 2 aliphatic carbocycles. The molecule has 1 atom stereocenters. The molecule has 0 bridgehead atoms. The van der Waals surface area contributed by atoms with E-state index in [2.05, 4.69) is 14.8 Å². The van der Waals surface area contributed by atoms with Crippen molar-refractivity contribution in [2.24, 2.45) is 0 Å². The lowest BCUT2D eigenvalue weighted by Gasteiger charge is -2.28. The van der Waals surface area contributed by atoms with E-state index in [1.54, 1.807) is 17.8 Å². The van der Waals surface area contributed by atoms with Crippen LogP contribution in [-0.4, -0.2) is 14.8 Å². The molecule has 2 saturated carbocycles. The Hall–Kier alpha value is -2.38. The van der Waals surface area contributed by atoms with E-state index in [4.69, 9.17) is 9.47 Å². The van der Waals surface area contributed by atoms with Crippen molar-refractivity contribution < 1.29 is 13.9 Å². The smallest absolute Gasteiger partial charge is 0.227 e. The number of thioether (sulfide) groups is 1. The van der Waals surface area contributed by atoms with E-state index in [-0.39, 0.29) is 5.82 Å². The quantitative estimate of drug-likeness (QED) is 0.488. The fourth-order valence-electron chi connectivity index (χ4n) is 3.98. The first kappa shape index (κ1) is 18.4. The molecule has 2 heterocycles. The van der Waals surface area contributed by atoms with E-state index in [0.717, 1.165) is 33.4 Å². The number of halogens is 1. The van der Waals surface area contributed by atoms with E-state index in [1.165, 1.54) is 31.7 Å². The third-order valence-electron chi connectivity index (χ3n) is 5.80. The minimum absolute atomic E-state index is 0.267. The summed E-state index contributed by atoms with van der Waals surface area (Å²) >= 11 is 1.61. The van der Waals surface area contributed by atoms with Crippen LogP contribution in [-0.2, 0) is 17.1 Å². The topological polar surface area (TPSA) is 49.2 Å². The molecule has 0 radical (unpaired) electrons. The Balaban J connectivity index is 1.27. The number of hydrogen-bond acceptors (Lipinski definition) is 5. The molecular weight excluding hydrogens is 401 g/mol. The van der Waals surface area contributed by atoms with Crippen molar-refractivity contribution in [2.45, 2.75) is 61.4 Å². The van der Waals surface area contributed by atoms with Crippen LogP contribution in [0.15, 0.2) is 47.6 Å². The van der Waals surface area contributed by atoms with E-state index in [9.17, 15) is 4.39 Å².